The van der Waals surface area contributed by atoms with Crippen LogP contribution in [-0.4, -0.2) is 23.5 Å². The average molecular weight is 159 g/mol. The molecule has 0 aromatic heterocycles. The summed E-state index contributed by atoms with van der Waals surface area (Å²) in [5.74, 6) is -0.962. The lowest BCUT2D eigenvalue weighted by Crippen LogP contribution is -2.25. The third kappa shape index (κ3) is 6.83. The van der Waals surface area contributed by atoms with Crippen molar-refractivity contribution in [3.63, 3.8) is 0 Å². The van der Waals surface area contributed by atoms with E-state index >= 15 is 0 Å². The zero-order valence-electron chi connectivity index (χ0n) is 6.59. The van der Waals surface area contributed by atoms with E-state index in [-0.39, 0.29) is 18.9 Å². The Morgan fingerprint density at radius 3 is 2.45 bits per heavy atom. The van der Waals surface area contributed by atoms with Crippen LogP contribution in [0, 0.1) is 0 Å². The number of aliphatic carboxylic acids is 1. The van der Waals surface area contributed by atoms with Gasteiger partial charge >= 0.3 is 5.97 Å². The van der Waals surface area contributed by atoms with Crippen molar-refractivity contribution in [3.05, 3.63) is 0 Å². The monoisotopic (exact) mass is 159 g/mol. The normalized spacial score (nSPS) is 9.18. The molecule has 0 aliphatic heterocycles. The minimum atomic E-state index is -0.887. The summed E-state index contributed by atoms with van der Waals surface area (Å²) in [7, 11) is 0. The fourth-order valence-corrected chi connectivity index (χ4v) is 0.624. The van der Waals surface area contributed by atoms with Crippen LogP contribution in [0.25, 0.3) is 0 Å². The predicted molar refractivity (Wildman–Crippen MR) is 40.2 cm³/mol. The van der Waals surface area contributed by atoms with E-state index in [4.69, 9.17) is 5.11 Å². The molecule has 0 aliphatic rings. The van der Waals surface area contributed by atoms with Crippen molar-refractivity contribution in [2.75, 3.05) is 6.54 Å². The second kappa shape index (κ2) is 5.70. The summed E-state index contributed by atoms with van der Waals surface area (Å²) < 4.78 is 0. The molecule has 0 unspecified atom stereocenters. The van der Waals surface area contributed by atoms with Gasteiger partial charge in [-0.15, -0.1) is 0 Å². The number of nitrogens with one attached hydrogen (secondary N) is 1. The van der Waals surface area contributed by atoms with Crippen LogP contribution in [0.2, 0.25) is 0 Å². The highest BCUT2D eigenvalue weighted by atomic mass is 16.4. The third-order valence-corrected chi connectivity index (χ3v) is 1.14. The Hall–Kier alpha value is -1.06. The van der Waals surface area contributed by atoms with Crippen molar-refractivity contribution in [1.82, 2.24) is 5.32 Å². The van der Waals surface area contributed by atoms with Crippen LogP contribution in [0.15, 0.2) is 0 Å². The van der Waals surface area contributed by atoms with E-state index < -0.39 is 5.97 Å². The molecule has 0 fully saturated rings. The summed E-state index contributed by atoms with van der Waals surface area (Å²) in [6.45, 7) is 2.13. The van der Waals surface area contributed by atoms with Gasteiger partial charge in [0.2, 0.25) is 5.91 Å². The molecule has 2 N–H and O–H groups in total. The van der Waals surface area contributed by atoms with Gasteiger partial charge in [0.25, 0.3) is 0 Å². The van der Waals surface area contributed by atoms with Gasteiger partial charge in [0.15, 0.2) is 0 Å². The Morgan fingerprint density at radius 1 is 1.36 bits per heavy atom. The SMILES string of the molecule is CCCC(=O)NCCC(=O)O. The van der Waals surface area contributed by atoms with Crippen molar-refractivity contribution in [2.24, 2.45) is 0 Å². The Kier molecular flexibility index (Phi) is 5.15. The first kappa shape index (κ1) is 9.94. The quantitative estimate of drug-likeness (QED) is 0.609. The van der Waals surface area contributed by atoms with Crippen LogP contribution < -0.4 is 5.32 Å². The zero-order valence-corrected chi connectivity index (χ0v) is 6.59. The lowest BCUT2D eigenvalue weighted by Gasteiger charge is -2.00. The molecule has 0 aliphatic carbocycles. The topological polar surface area (TPSA) is 66.4 Å². The van der Waals surface area contributed by atoms with Crippen LogP contribution >= 0.6 is 0 Å². The highest BCUT2D eigenvalue weighted by Crippen LogP contribution is 1.85. The zero-order chi connectivity index (χ0) is 8.69. The summed E-state index contributed by atoms with van der Waals surface area (Å²) in [5, 5.41) is 10.7. The molecule has 0 bridgehead atoms. The van der Waals surface area contributed by atoms with Crippen molar-refractivity contribution in [1.29, 1.82) is 0 Å². The number of rotatable bonds is 5. The summed E-state index contributed by atoms with van der Waals surface area (Å²) >= 11 is 0. The maximum atomic E-state index is 10.7. The number of carbonyl (C=O) groups excluding carboxylic acids is 1. The molecule has 64 valence electrons. The highest BCUT2D eigenvalue weighted by Gasteiger charge is 1.99. The molecule has 1 amide bonds. The van der Waals surface area contributed by atoms with Crippen LogP contribution in [-0.2, 0) is 9.59 Å². The summed E-state index contributed by atoms with van der Waals surface area (Å²) in [6, 6.07) is 0. The molecule has 0 spiro atoms. The molecule has 0 rings (SSSR count). The first-order chi connectivity index (χ1) is 5.16. The van der Waals surface area contributed by atoms with E-state index in [1.807, 2.05) is 6.92 Å². The summed E-state index contributed by atoms with van der Waals surface area (Å²) in [5.41, 5.74) is 0. The predicted octanol–water partition coefficient (Wildman–Crippen LogP) is 0.377. The number of hydrogen-bond donors (Lipinski definition) is 2. The minimum absolute atomic E-state index is 0.00451. The number of carboxylic acid groups (broad SMARTS) is 1. The molecular formula is C7H13NO3. The van der Waals surface area contributed by atoms with E-state index in [1.54, 1.807) is 0 Å². The minimum Gasteiger partial charge on any atom is -0.481 e. The molecule has 0 radical (unpaired) electrons. The maximum Gasteiger partial charge on any atom is 0.305 e. The fraction of sp³-hybridized carbons (Fsp3) is 0.714. The van der Waals surface area contributed by atoms with Crippen molar-refractivity contribution < 1.29 is 14.7 Å². The van der Waals surface area contributed by atoms with E-state index in [9.17, 15) is 9.59 Å². The Morgan fingerprint density at radius 2 is 2.00 bits per heavy atom. The second-order valence-electron chi connectivity index (χ2n) is 2.24. The molecule has 11 heavy (non-hydrogen) atoms. The molecular weight excluding hydrogens is 146 g/mol. The number of hydrogen-bond acceptors (Lipinski definition) is 2. The molecule has 0 saturated carbocycles. The number of carbonyl (C=O) groups is 2. The van der Waals surface area contributed by atoms with E-state index in [1.165, 1.54) is 0 Å². The van der Waals surface area contributed by atoms with Gasteiger partial charge in [-0.25, -0.2) is 0 Å². The van der Waals surface area contributed by atoms with Crippen LogP contribution in [0.1, 0.15) is 26.2 Å². The Balaban J connectivity index is 3.24. The van der Waals surface area contributed by atoms with Gasteiger partial charge in [-0.05, 0) is 6.42 Å². The van der Waals surface area contributed by atoms with Crippen LogP contribution in [0.4, 0.5) is 0 Å². The third-order valence-electron chi connectivity index (χ3n) is 1.14. The molecule has 0 atom stereocenters. The highest BCUT2D eigenvalue weighted by molar-refractivity contribution is 5.76. The molecule has 4 nitrogen and oxygen atoms in total. The van der Waals surface area contributed by atoms with Gasteiger partial charge in [-0.3, -0.25) is 9.59 Å². The van der Waals surface area contributed by atoms with E-state index in [2.05, 4.69) is 5.32 Å². The molecule has 0 aromatic rings. The largest absolute Gasteiger partial charge is 0.481 e. The molecule has 0 aromatic carbocycles. The van der Waals surface area contributed by atoms with Crippen molar-refractivity contribution in [2.45, 2.75) is 26.2 Å². The fourth-order valence-electron chi connectivity index (χ4n) is 0.624. The lowest BCUT2D eigenvalue weighted by molar-refractivity contribution is -0.136. The summed E-state index contributed by atoms with van der Waals surface area (Å²) in [6.07, 6.45) is 1.26. The smallest absolute Gasteiger partial charge is 0.305 e. The average Bonchev–Trinajstić information content (AvgIpc) is 1.87. The number of carboxylic acids is 1. The Bertz CT molecular complexity index is 145. The number of amides is 1. The van der Waals surface area contributed by atoms with E-state index in [0.29, 0.717) is 6.42 Å². The first-order valence-electron chi connectivity index (χ1n) is 3.65. The standard InChI is InChI=1S/C7H13NO3/c1-2-3-6(9)8-5-4-7(10)11/h2-5H2,1H3,(H,8,9)(H,10,11). The Labute approximate surface area is 65.6 Å². The van der Waals surface area contributed by atoms with E-state index in [0.717, 1.165) is 6.42 Å². The molecule has 4 heteroatoms. The first-order valence-corrected chi connectivity index (χ1v) is 3.65. The van der Waals surface area contributed by atoms with Crippen molar-refractivity contribution in [3.8, 4) is 0 Å². The van der Waals surface area contributed by atoms with Gasteiger partial charge < -0.3 is 10.4 Å². The second-order valence-corrected chi connectivity index (χ2v) is 2.24. The lowest BCUT2D eigenvalue weighted by atomic mass is 10.3. The maximum absolute atomic E-state index is 10.7. The van der Waals surface area contributed by atoms with Gasteiger partial charge in [0, 0.05) is 13.0 Å². The summed E-state index contributed by atoms with van der Waals surface area (Å²) in [4.78, 5) is 20.7. The van der Waals surface area contributed by atoms with Crippen LogP contribution in [0.5, 0.6) is 0 Å². The van der Waals surface area contributed by atoms with Gasteiger partial charge in [-0.1, -0.05) is 6.92 Å². The van der Waals surface area contributed by atoms with Gasteiger partial charge in [-0.2, -0.15) is 0 Å². The molecule has 0 heterocycles. The van der Waals surface area contributed by atoms with Crippen molar-refractivity contribution >= 4 is 11.9 Å². The van der Waals surface area contributed by atoms with Gasteiger partial charge in [0.1, 0.15) is 0 Å². The molecule has 0 saturated heterocycles. The van der Waals surface area contributed by atoms with Crippen LogP contribution in [0.3, 0.4) is 0 Å². The van der Waals surface area contributed by atoms with Gasteiger partial charge in [0.05, 0.1) is 6.42 Å².